The molecule has 0 unspecified atom stereocenters. The van der Waals surface area contributed by atoms with Gasteiger partial charge < -0.3 is 14.6 Å². The van der Waals surface area contributed by atoms with Gasteiger partial charge in [0.25, 0.3) is 0 Å². The van der Waals surface area contributed by atoms with Gasteiger partial charge in [-0.25, -0.2) is 4.79 Å². The number of nitrogens with zero attached hydrogens (tertiary/aromatic N) is 3. The maximum atomic E-state index is 11.1. The Hall–Kier alpha value is -2.85. The first-order valence-electron chi connectivity index (χ1n) is 7.11. The third-order valence-corrected chi connectivity index (χ3v) is 3.15. The molecule has 0 saturated heterocycles. The number of nitriles is 1. The molecule has 0 saturated carbocycles. The number of hydrogen-bond acceptors (Lipinski definition) is 5. The summed E-state index contributed by atoms with van der Waals surface area (Å²) in [4.78, 5) is 15.5. The molecule has 0 fully saturated rings. The smallest absolute Gasteiger partial charge is 0.346 e. The average Bonchev–Trinajstić information content (AvgIpc) is 2.88. The van der Waals surface area contributed by atoms with Crippen LogP contribution in [-0.4, -0.2) is 40.3 Å². The van der Waals surface area contributed by atoms with Gasteiger partial charge in [0.1, 0.15) is 29.6 Å². The van der Waals surface area contributed by atoms with Crippen molar-refractivity contribution in [3.8, 4) is 11.9 Å². The van der Waals surface area contributed by atoms with Crippen molar-refractivity contribution in [1.82, 2.24) is 9.38 Å². The summed E-state index contributed by atoms with van der Waals surface area (Å²) in [5, 5.41) is 18.0. The van der Waals surface area contributed by atoms with E-state index in [1.165, 1.54) is 6.08 Å². The van der Waals surface area contributed by atoms with Crippen LogP contribution in [-0.2, 0) is 9.53 Å². The van der Waals surface area contributed by atoms with Crippen LogP contribution in [0.1, 0.15) is 18.2 Å². The van der Waals surface area contributed by atoms with Crippen molar-refractivity contribution in [2.75, 3.05) is 19.8 Å². The van der Waals surface area contributed by atoms with Gasteiger partial charge in [-0.1, -0.05) is 6.07 Å². The van der Waals surface area contributed by atoms with Gasteiger partial charge >= 0.3 is 5.97 Å². The van der Waals surface area contributed by atoms with Crippen molar-refractivity contribution in [3.63, 3.8) is 0 Å². The molecule has 23 heavy (non-hydrogen) atoms. The molecular formula is C16H17N3O4. The Morgan fingerprint density at radius 2 is 2.30 bits per heavy atom. The zero-order chi connectivity index (χ0) is 16.8. The molecular weight excluding hydrogens is 298 g/mol. The Labute approximate surface area is 133 Å². The molecule has 0 aliphatic carbocycles. The van der Waals surface area contributed by atoms with Gasteiger partial charge in [0.05, 0.1) is 6.61 Å². The first-order valence-corrected chi connectivity index (χ1v) is 7.11. The molecule has 0 amide bonds. The Bertz CT molecular complexity index is 786. The van der Waals surface area contributed by atoms with Crippen LogP contribution in [0.2, 0.25) is 0 Å². The summed E-state index contributed by atoms with van der Waals surface area (Å²) in [6.45, 7) is 5.04. The second-order valence-electron chi connectivity index (χ2n) is 4.71. The third kappa shape index (κ3) is 3.67. The summed E-state index contributed by atoms with van der Waals surface area (Å²) in [5.41, 5.74) is 1.59. The highest BCUT2D eigenvalue weighted by atomic mass is 16.5. The molecule has 1 N–H and O–H groups in total. The fraction of sp³-hybridized carbons (Fsp3) is 0.312. The van der Waals surface area contributed by atoms with Gasteiger partial charge in [0.15, 0.2) is 0 Å². The van der Waals surface area contributed by atoms with Gasteiger partial charge in [0.2, 0.25) is 5.88 Å². The summed E-state index contributed by atoms with van der Waals surface area (Å²) in [5.74, 6) is -1.02. The summed E-state index contributed by atoms with van der Waals surface area (Å²) in [6, 6.07) is 5.37. The van der Waals surface area contributed by atoms with Crippen LogP contribution in [0.4, 0.5) is 0 Å². The number of carbonyl (C=O) groups is 1. The molecule has 0 radical (unpaired) electrons. The van der Waals surface area contributed by atoms with E-state index < -0.39 is 5.97 Å². The van der Waals surface area contributed by atoms with Gasteiger partial charge in [-0.05, 0) is 31.6 Å². The minimum absolute atomic E-state index is 0.271. The molecule has 0 aliphatic heterocycles. The van der Waals surface area contributed by atoms with Crippen LogP contribution in [0.15, 0.2) is 23.9 Å². The van der Waals surface area contributed by atoms with E-state index in [1.54, 1.807) is 16.7 Å². The van der Waals surface area contributed by atoms with Crippen LogP contribution < -0.4 is 4.74 Å². The second kappa shape index (κ2) is 7.42. The molecule has 0 aromatic carbocycles. The molecule has 120 valence electrons. The van der Waals surface area contributed by atoms with Crippen molar-refractivity contribution >= 4 is 17.7 Å². The molecule has 0 aliphatic rings. The van der Waals surface area contributed by atoms with E-state index >= 15 is 0 Å². The van der Waals surface area contributed by atoms with Gasteiger partial charge in [0, 0.05) is 12.8 Å². The van der Waals surface area contributed by atoms with Gasteiger partial charge in [-0.3, -0.25) is 4.40 Å². The largest absolute Gasteiger partial charge is 0.477 e. The van der Waals surface area contributed by atoms with E-state index in [1.807, 2.05) is 26.0 Å². The number of carboxylic acids is 1. The third-order valence-electron chi connectivity index (χ3n) is 3.15. The van der Waals surface area contributed by atoms with Crippen LogP contribution in [0.25, 0.3) is 11.7 Å². The maximum Gasteiger partial charge on any atom is 0.346 e. The number of aryl methyl sites for hydroxylation is 1. The first kappa shape index (κ1) is 16.5. The van der Waals surface area contributed by atoms with Crippen molar-refractivity contribution in [1.29, 1.82) is 5.26 Å². The normalized spacial score (nSPS) is 11.4. The Morgan fingerprint density at radius 1 is 1.52 bits per heavy atom. The SMILES string of the molecule is CCOCCOc1nc2c(C)cccn2c1/C=C(\C#N)C(=O)O. The van der Waals surface area contributed by atoms with Crippen LogP contribution in [0, 0.1) is 18.3 Å². The Balaban J connectivity index is 2.48. The van der Waals surface area contributed by atoms with Gasteiger partial charge in [-0.2, -0.15) is 10.2 Å². The van der Waals surface area contributed by atoms with Crippen molar-refractivity contribution in [3.05, 3.63) is 35.2 Å². The summed E-state index contributed by atoms with van der Waals surface area (Å²) in [6.07, 6.45) is 3.01. The lowest BCUT2D eigenvalue weighted by molar-refractivity contribution is -0.132. The first-order chi connectivity index (χ1) is 11.1. The molecule has 0 spiro atoms. The van der Waals surface area contributed by atoms with E-state index in [0.29, 0.717) is 24.6 Å². The number of imidazole rings is 1. The lowest BCUT2D eigenvalue weighted by atomic mass is 10.2. The molecule has 2 aromatic rings. The van der Waals surface area contributed by atoms with Gasteiger partial charge in [-0.15, -0.1) is 0 Å². The number of aliphatic carboxylic acids is 1. The summed E-state index contributed by atoms with van der Waals surface area (Å²) < 4.78 is 12.5. The predicted octanol–water partition coefficient (Wildman–Crippen LogP) is 2.05. The molecule has 2 heterocycles. The summed E-state index contributed by atoms with van der Waals surface area (Å²) in [7, 11) is 0. The maximum absolute atomic E-state index is 11.1. The minimum atomic E-state index is -1.30. The molecule has 7 heteroatoms. The van der Waals surface area contributed by atoms with E-state index in [2.05, 4.69) is 4.98 Å². The van der Waals surface area contributed by atoms with Crippen molar-refractivity contribution in [2.45, 2.75) is 13.8 Å². The van der Waals surface area contributed by atoms with Crippen LogP contribution in [0.5, 0.6) is 5.88 Å². The van der Waals surface area contributed by atoms with E-state index in [0.717, 1.165) is 5.56 Å². The average molecular weight is 315 g/mol. The standard InChI is InChI=1S/C16H17N3O4/c1-3-22-7-8-23-15-13(9-12(10-17)16(20)21)19-6-4-5-11(2)14(19)18-15/h4-6,9H,3,7-8H2,1-2H3,(H,20,21)/b12-9+. The number of carboxylic acid groups (broad SMARTS) is 1. The fourth-order valence-electron chi connectivity index (χ4n) is 2.06. The van der Waals surface area contributed by atoms with Crippen molar-refractivity contribution in [2.24, 2.45) is 0 Å². The lowest BCUT2D eigenvalue weighted by Crippen LogP contribution is -2.07. The molecule has 7 nitrogen and oxygen atoms in total. The second-order valence-corrected chi connectivity index (χ2v) is 4.71. The van der Waals surface area contributed by atoms with Crippen LogP contribution in [0.3, 0.4) is 0 Å². The Kier molecular flexibility index (Phi) is 5.33. The highest BCUT2D eigenvalue weighted by Gasteiger charge is 2.16. The van der Waals surface area contributed by atoms with Crippen LogP contribution >= 0.6 is 0 Å². The number of aromatic nitrogens is 2. The van der Waals surface area contributed by atoms with Crippen molar-refractivity contribution < 1.29 is 19.4 Å². The molecule has 0 atom stereocenters. The highest BCUT2D eigenvalue weighted by molar-refractivity contribution is 5.96. The minimum Gasteiger partial charge on any atom is -0.477 e. The van der Waals surface area contributed by atoms with E-state index in [9.17, 15) is 4.79 Å². The molecule has 0 bridgehead atoms. The van der Waals surface area contributed by atoms with E-state index in [-0.39, 0.29) is 18.1 Å². The Morgan fingerprint density at radius 3 is 2.96 bits per heavy atom. The number of ether oxygens (including phenoxy) is 2. The van der Waals surface area contributed by atoms with E-state index in [4.69, 9.17) is 19.8 Å². The number of hydrogen-bond donors (Lipinski definition) is 1. The molecule has 2 aromatic heterocycles. The predicted molar refractivity (Wildman–Crippen MR) is 83.1 cm³/mol. The number of rotatable bonds is 7. The summed E-state index contributed by atoms with van der Waals surface area (Å²) >= 11 is 0. The topological polar surface area (TPSA) is 96.9 Å². The lowest BCUT2D eigenvalue weighted by Gasteiger charge is -2.04. The quantitative estimate of drug-likeness (QED) is 0.477. The monoisotopic (exact) mass is 315 g/mol. The highest BCUT2D eigenvalue weighted by Crippen LogP contribution is 2.24. The number of pyridine rings is 1. The zero-order valence-electron chi connectivity index (χ0n) is 12.9. The number of fused-ring (bicyclic) bond motifs is 1. The fourth-order valence-corrected chi connectivity index (χ4v) is 2.06. The molecule has 2 rings (SSSR count). The zero-order valence-corrected chi connectivity index (χ0v) is 12.9.